The third-order valence-electron chi connectivity index (χ3n) is 4.80. The average molecular weight is 289 g/mol. The summed E-state index contributed by atoms with van der Waals surface area (Å²) in [5, 5.41) is 3.25. The Morgan fingerprint density at radius 3 is 2.84 bits per heavy atom. The predicted molar refractivity (Wildman–Crippen MR) is 76.5 cm³/mol. The number of hydrogen-bond acceptors (Lipinski definition) is 3. The largest absolute Gasteiger partial charge is 0.366 e. The first-order valence-electron chi connectivity index (χ1n) is 7.42. The first-order chi connectivity index (χ1) is 8.77. The molecule has 2 saturated heterocycles. The number of ether oxygens (including phenoxy) is 1. The highest BCUT2D eigenvalue weighted by atomic mass is 35.5. The molecule has 1 saturated carbocycles. The molecule has 2 aliphatic heterocycles. The Bertz CT molecular complexity index is 321. The zero-order chi connectivity index (χ0) is 12.5. The van der Waals surface area contributed by atoms with E-state index < -0.39 is 0 Å². The molecule has 0 aromatic rings. The molecule has 1 amide bonds. The molecular weight excluding hydrogens is 264 g/mol. The van der Waals surface area contributed by atoms with Gasteiger partial charge in [0.25, 0.3) is 5.91 Å². The normalized spacial score (nSPS) is 38.5. The van der Waals surface area contributed by atoms with Gasteiger partial charge in [-0.05, 0) is 32.1 Å². The van der Waals surface area contributed by atoms with Crippen molar-refractivity contribution in [2.24, 2.45) is 5.92 Å². The topological polar surface area (TPSA) is 41.6 Å². The summed E-state index contributed by atoms with van der Waals surface area (Å²) in [5.41, 5.74) is 0. The molecule has 3 aliphatic rings. The van der Waals surface area contributed by atoms with E-state index in [0.29, 0.717) is 25.2 Å². The molecule has 1 N–H and O–H groups in total. The van der Waals surface area contributed by atoms with E-state index in [1.165, 1.54) is 32.1 Å². The molecule has 0 aromatic carbocycles. The summed E-state index contributed by atoms with van der Waals surface area (Å²) in [4.78, 5) is 14.8. The van der Waals surface area contributed by atoms with Gasteiger partial charge >= 0.3 is 0 Å². The molecule has 4 unspecified atom stereocenters. The van der Waals surface area contributed by atoms with Crippen LogP contribution < -0.4 is 5.32 Å². The van der Waals surface area contributed by atoms with Crippen LogP contribution in [-0.2, 0) is 9.53 Å². The average Bonchev–Trinajstić information content (AvgIpc) is 2.75. The van der Waals surface area contributed by atoms with E-state index in [1.54, 1.807) is 0 Å². The van der Waals surface area contributed by atoms with Crippen LogP contribution in [0.4, 0.5) is 0 Å². The van der Waals surface area contributed by atoms with Crippen molar-refractivity contribution in [2.75, 3.05) is 19.7 Å². The summed E-state index contributed by atoms with van der Waals surface area (Å²) < 4.78 is 5.63. The van der Waals surface area contributed by atoms with Gasteiger partial charge in [0.1, 0.15) is 6.10 Å². The zero-order valence-electron chi connectivity index (χ0n) is 11.6. The molecule has 19 heavy (non-hydrogen) atoms. The minimum absolute atomic E-state index is 0. The Hall–Kier alpha value is -0.320. The second-order valence-corrected chi connectivity index (χ2v) is 6.01. The SMILES string of the molecule is CC1CC2CCCCC2N1C(=O)C1CNCCO1.Cl. The second-order valence-electron chi connectivity index (χ2n) is 6.01. The third-order valence-corrected chi connectivity index (χ3v) is 4.80. The molecule has 4 atom stereocenters. The van der Waals surface area contributed by atoms with Gasteiger partial charge in [-0.15, -0.1) is 12.4 Å². The molecular formula is C14H25ClN2O2. The molecule has 3 fully saturated rings. The summed E-state index contributed by atoms with van der Waals surface area (Å²) in [7, 11) is 0. The summed E-state index contributed by atoms with van der Waals surface area (Å²) in [6, 6.07) is 0.892. The molecule has 4 nitrogen and oxygen atoms in total. The minimum Gasteiger partial charge on any atom is -0.366 e. The van der Waals surface area contributed by atoms with Gasteiger partial charge in [-0.25, -0.2) is 0 Å². The van der Waals surface area contributed by atoms with Gasteiger partial charge in [0.2, 0.25) is 0 Å². The quantitative estimate of drug-likeness (QED) is 0.796. The van der Waals surface area contributed by atoms with E-state index in [4.69, 9.17) is 4.74 Å². The van der Waals surface area contributed by atoms with Crippen molar-refractivity contribution in [1.29, 1.82) is 0 Å². The highest BCUT2D eigenvalue weighted by molar-refractivity contribution is 5.85. The number of nitrogens with one attached hydrogen (secondary N) is 1. The van der Waals surface area contributed by atoms with Gasteiger partial charge in [0.05, 0.1) is 6.61 Å². The van der Waals surface area contributed by atoms with Gasteiger partial charge in [-0.3, -0.25) is 4.79 Å². The third kappa shape index (κ3) is 2.91. The highest BCUT2D eigenvalue weighted by Crippen LogP contribution is 2.39. The van der Waals surface area contributed by atoms with E-state index >= 15 is 0 Å². The van der Waals surface area contributed by atoms with Crippen molar-refractivity contribution in [3.63, 3.8) is 0 Å². The molecule has 3 rings (SSSR count). The lowest BCUT2D eigenvalue weighted by molar-refractivity contribution is -0.148. The molecule has 2 heterocycles. The lowest BCUT2D eigenvalue weighted by Gasteiger charge is -2.36. The Kier molecular flexibility index (Phi) is 5.09. The molecule has 0 aromatic heterocycles. The number of rotatable bonds is 1. The molecule has 0 radical (unpaired) electrons. The maximum absolute atomic E-state index is 12.6. The van der Waals surface area contributed by atoms with Crippen LogP contribution in [-0.4, -0.2) is 48.7 Å². The number of likely N-dealkylation sites (tertiary alicyclic amines) is 1. The second kappa shape index (κ2) is 6.42. The fourth-order valence-electron chi connectivity index (χ4n) is 3.98. The smallest absolute Gasteiger partial charge is 0.253 e. The Balaban J connectivity index is 0.00000133. The minimum atomic E-state index is -0.248. The van der Waals surface area contributed by atoms with Gasteiger partial charge in [0, 0.05) is 25.2 Å². The van der Waals surface area contributed by atoms with Crippen molar-refractivity contribution in [1.82, 2.24) is 10.2 Å². The van der Waals surface area contributed by atoms with Crippen LogP contribution in [0, 0.1) is 5.92 Å². The van der Waals surface area contributed by atoms with Gasteiger partial charge in [-0.1, -0.05) is 12.8 Å². The lowest BCUT2D eigenvalue weighted by Crippen LogP contribution is -2.53. The van der Waals surface area contributed by atoms with Crippen LogP contribution >= 0.6 is 12.4 Å². The molecule has 110 valence electrons. The summed E-state index contributed by atoms with van der Waals surface area (Å²) >= 11 is 0. The van der Waals surface area contributed by atoms with E-state index in [-0.39, 0.29) is 24.4 Å². The first-order valence-corrected chi connectivity index (χ1v) is 7.42. The first kappa shape index (κ1) is 15.1. The Morgan fingerprint density at radius 1 is 1.32 bits per heavy atom. The maximum Gasteiger partial charge on any atom is 0.253 e. The zero-order valence-corrected chi connectivity index (χ0v) is 12.5. The van der Waals surface area contributed by atoms with E-state index in [1.807, 2.05) is 0 Å². The molecule has 0 spiro atoms. The highest BCUT2D eigenvalue weighted by Gasteiger charge is 2.44. The van der Waals surface area contributed by atoms with Crippen molar-refractivity contribution in [2.45, 2.75) is 57.2 Å². The van der Waals surface area contributed by atoms with Crippen LogP contribution in [0.25, 0.3) is 0 Å². The van der Waals surface area contributed by atoms with Gasteiger partial charge in [-0.2, -0.15) is 0 Å². The standard InChI is InChI=1S/C14H24N2O2.ClH/c1-10-8-11-4-2-3-5-12(11)16(10)14(17)13-9-15-6-7-18-13;/h10-13,15H,2-9H2,1H3;1H. The van der Waals surface area contributed by atoms with Crippen molar-refractivity contribution >= 4 is 18.3 Å². The van der Waals surface area contributed by atoms with Crippen LogP contribution in [0.15, 0.2) is 0 Å². The number of hydrogen-bond donors (Lipinski definition) is 1. The van der Waals surface area contributed by atoms with Gasteiger partial charge < -0.3 is 15.0 Å². The van der Waals surface area contributed by atoms with E-state index in [9.17, 15) is 4.79 Å². The number of fused-ring (bicyclic) bond motifs is 1. The monoisotopic (exact) mass is 288 g/mol. The number of nitrogens with zero attached hydrogens (tertiary/aromatic N) is 1. The maximum atomic E-state index is 12.6. The predicted octanol–water partition coefficient (Wildman–Crippen LogP) is 1.58. The molecule has 1 aliphatic carbocycles. The van der Waals surface area contributed by atoms with Crippen LogP contribution in [0.5, 0.6) is 0 Å². The summed E-state index contributed by atoms with van der Waals surface area (Å²) in [6.45, 7) is 4.41. The van der Waals surface area contributed by atoms with Crippen molar-refractivity contribution in [3.05, 3.63) is 0 Å². The molecule has 0 bridgehead atoms. The van der Waals surface area contributed by atoms with Crippen LogP contribution in [0.2, 0.25) is 0 Å². The van der Waals surface area contributed by atoms with Crippen LogP contribution in [0.3, 0.4) is 0 Å². The summed E-state index contributed by atoms with van der Waals surface area (Å²) in [5.74, 6) is 0.971. The fourth-order valence-corrected chi connectivity index (χ4v) is 3.98. The number of carbonyl (C=O) groups is 1. The van der Waals surface area contributed by atoms with Crippen molar-refractivity contribution in [3.8, 4) is 0 Å². The fraction of sp³-hybridized carbons (Fsp3) is 0.929. The number of halogens is 1. The van der Waals surface area contributed by atoms with E-state index in [2.05, 4.69) is 17.1 Å². The number of morpholine rings is 1. The number of amides is 1. The van der Waals surface area contributed by atoms with Gasteiger partial charge in [0.15, 0.2) is 0 Å². The van der Waals surface area contributed by atoms with Crippen LogP contribution in [0.1, 0.15) is 39.0 Å². The van der Waals surface area contributed by atoms with E-state index in [0.717, 1.165) is 12.5 Å². The Labute approximate surface area is 121 Å². The molecule has 5 heteroatoms. The lowest BCUT2D eigenvalue weighted by atomic mass is 9.85. The summed E-state index contributed by atoms with van der Waals surface area (Å²) in [6.07, 6.45) is 6.07. The van der Waals surface area contributed by atoms with Crippen molar-refractivity contribution < 1.29 is 9.53 Å². The Morgan fingerprint density at radius 2 is 2.11 bits per heavy atom. The number of carbonyl (C=O) groups excluding carboxylic acids is 1.